The predicted octanol–water partition coefficient (Wildman–Crippen LogP) is 4.93. The van der Waals surface area contributed by atoms with Gasteiger partial charge in [-0.15, -0.1) is 0 Å². The van der Waals surface area contributed by atoms with Gasteiger partial charge in [0, 0.05) is 20.6 Å². The SMILES string of the molecule is Cc1oc(C(C)(C)C)cc1-c1cc(N)n(-c2ccc(I)cc2)n1. The van der Waals surface area contributed by atoms with Crippen molar-refractivity contribution in [3.05, 3.63) is 51.5 Å². The van der Waals surface area contributed by atoms with E-state index < -0.39 is 0 Å². The number of benzene rings is 1. The van der Waals surface area contributed by atoms with E-state index in [0.717, 1.165) is 28.5 Å². The van der Waals surface area contributed by atoms with Crippen LogP contribution in [-0.4, -0.2) is 9.78 Å². The van der Waals surface area contributed by atoms with Gasteiger partial charge in [0.1, 0.15) is 17.3 Å². The number of nitrogens with zero attached hydrogens (tertiary/aromatic N) is 2. The zero-order valence-corrected chi connectivity index (χ0v) is 15.9. The summed E-state index contributed by atoms with van der Waals surface area (Å²) in [4.78, 5) is 0. The minimum atomic E-state index is -0.0345. The third kappa shape index (κ3) is 3.15. The Bertz CT molecular complexity index is 838. The van der Waals surface area contributed by atoms with Crippen LogP contribution in [0, 0.1) is 10.5 Å². The molecule has 0 aliphatic rings. The van der Waals surface area contributed by atoms with Gasteiger partial charge in [-0.25, -0.2) is 4.68 Å². The monoisotopic (exact) mass is 421 g/mol. The van der Waals surface area contributed by atoms with E-state index >= 15 is 0 Å². The van der Waals surface area contributed by atoms with Crippen molar-refractivity contribution in [2.45, 2.75) is 33.1 Å². The van der Waals surface area contributed by atoms with Crippen LogP contribution in [0.5, 0.6) is 0 Å². The molecule has 5 heteroatoms. The van der Waals surface area contributed by atoms with Crippen molar-refractivity contribution in [2.24, 2.45) is 0 Å². The molecule has 0 aliphatic carbocycles. The zero-order chi connectivity index (χ0) is 16.8. The summed E-state index contributed by atoms with van der Waals surface area (Å²) in [7, 11) is 0. The van der Waals surface area contributed by atoms with E-state index in [-0.39, 0.29) is 5.41 Å². The highest BCUT2D eigenvalue weighted by molar-refractivity contribution is 14.1. The number of hydrogen-bond acceptors (Lipinski definition) is 3. The first-order chi connectivity index (χ1) is 10.8. The summed E-state index contributed by atoms with van der Waals surface area (Å²) in [6, 6.07) is 12.1. The summed E-state index contributed by atoms with van der Waals surface area (Å²) >= 11 is 2.28. The molecule has 0 atom stereocenters. The highest BCUT2D eigenvalue weighted by Crippen LogP contribution is 2.33. The first-order valence-electron chi connectivity index (χ1n) is 7.48. The summed E-state index contributed by atoms with van der Waals surface area (Å²) in [5, 5.41) is 4.67. The molecule has 2 aromatic heterocycles. The molecule has 23 heavy (non-hydrogen) atoms. The normalized spacial score (nSPS) is 11.9. The number of nitrogens with two attached hydrogens (primary N) is 1. The Morgan fingerprint density at radius 2 is 1.78 bits per heavy atom. The van der Waals surface area contributed by atoms with Gasteiger partial charge in [-0.05, 0) is 59.8 Å². The second-order valence-electron chi connectivity index (χ2n) is 6.67. The Morgan fingerprint density at radius 1 is 1.13 bits per heavy atom. The van der Waals surface area contributed by atoms with Crippen LogP contribution >= 0.6 is 22.6 Å². The van der Waals surface area contributed by atoms with Gasteiger partial charge >= 0.3 is 0 Å². The van der Waals surface area contributed by atoms with E-state index in [2.05, 4.69) is 54.5 Å². The van der Waals surface area contributed by atoms with E-state index in [1.165, 1.54) is 3.57 Å². The molecule has 2 N–H and O–H groups in total. The van der Waals surface area contributed by atoms with Gasteiger partial charge < -0.3 is 10.2 Å². The lowest BCUT2D eigenvalue weighted by Crippen LogP contribution is -2.09. The molecule has 0 spiro atoms. The summed E-state index contributed by atoms with van der Waals surface area (Å²) in [5.74, 6) is 2.42. The van der Waals surface area contributed by atoms with E-state index in [0.29, 0.717) is 5.82 Å². The average molecular weight is 421 g/mol. The molecule has 0 amide bonds. The number of furan rings is 1. The summed E-state index contributed by atoms with van der Waals surface area (Å²) in [6.07, 6.45) is 0. The summed E-state index contributed by atoms with van der Waals surface area (Å²) in [5.41, 5.74) is 8.90. The van der Waals surface area contributed by atoms with Crippen LogP contribution in [0.25, 0.3) is 16.9 Å². The fraction of sp³-hybridized carbons (Fsp3) is 0.278. The van der Waals surface area contributed by atoms with Crippen LogP contribution in [0.2, 0.25) is 0 Å². The molecular formula is C18H20IN3O. The Balaban J connectivity index is 2.04. The number of nitrogen functional groups attached to an aromatic ring is 1. The predicted molar refractivity (Wildman–Crippen MR) is 102 cm³/mol. The highest BCUT2D eigenvalue weighted by atomic mass is 127. The summed E-state index contributed by atoms with van der Waals surface area (Å²) in [6.45, 7) is 8.36. The Labute approximate surface area is 149 Å². The molecule has 0 saturated heterocycles. The zero-order valence-electron chi connectivity index (χ0n) is 13.7. The molecule has 3 rings (SSSR count). The summed E-state index contributed by atoms with van der Waals surface area (Å²) < 4.78 is 8.85. The molecule has 4 nitrogen and oxygen atoms in total. The third-order valence-electron chi connectivity index (χ3n) is 3.74. The van der Waals surface area contributed by atoms with E-state index in [9.17, 15) is 0 Å². The van der Waals surface area contributed by atoms with Crippen LogP contribution in [0.1, 0.15) is 32.3 Å². The van der Waals surface area contributed by atoms with Crippen molar-refractivity contribution in [3.63, 3.8) is 0 Å². The largest absolute Gasteiger partial charge is 0.465 e. The Morgan fingerprint density at radius 3 is 2.35 bits per heavy atom. The van der Waals surface area contributed by atoms with Gasteiger partial charge in [0.15, 0.2) is 0 Å². The Kier molecular flexibility index (Phi) is 4.00. The first-order valence-corrected chi connectivity index (χ1v) is 8.56. The molecule has 0 bridgehead atoms. The lowest BCUT2D eigenvalue weighted by atomic mass is 9.93. The van der Waals surface area contributed by atoms with Crippen LogP contribution in [0.4, 0.5) is 5.82 Å². The van der Waals surface area contributed by atoms with Crippen LogP contribution < -0.4 is 5.73 Å². The molecule has 3 aromatic rings. The van der Waals surface area contributed by atoms with Crippen LogP contribution in [0.3, 0.4) is 0 Å². The van der Waals surface area contributed by atoms with Crippen LogP contribution in [-0.2, 0) is 5.41 Å². The number of halogens is 1. The standard InChI is InChI=1S/C18H20IN3O/c1-11-14(9-16(23-11)18(2,3)4)15-10-17(20)22(21-15)13-7-5-12(19)6-8-13/h5-10H,20H2,1-4H3. The van der Waals surface area contributed by atoms with Crippen molar-refractivity contribution in [1.29, 1.82) is 0 Å². The molecule has 120 valence electrons. The van der Waals surface area contributed by atoms with Crippen molar-refractivity contribution in [2.75, 3.05) is 5.73 Å². The van der Waals surface area contributed by atoms with Gasteiger partial charge in [-0.1, -0.05) is 20.8 Å². The van der Waals surface area contributed by atoms with Gasteiger partial charge in [-0.2, -0.15) is 5.10 Å². The van der Waals surface area contributed by atoms with E-state index in [1.54, 1.807) is 4.68 Å². The van der Waals surface area contributed by atoms with Crippen LogP contribution in [0.15, 0.2) is 40.8 Å². The number of hydrogen-bond donors (Lipinski definition) is 1. The molecular weight excluding hydrogens is 401 g/mol. The molecule has 2 heterocycles. The maximum Gasteiger partial charge on any atom is 0.127 e. The number of aryl methyl sites for hydroxylation is 1. The maximum atomic E-state index is 6.16. The molecule has 0 aliphatic heterocycles. The first kappa shape index (κ1) is 16.1. The van der Waals surface area contributed by atoms with E-state index in [4.69, 9.17) is 10.2 Å². The minimum absolute atomic E-state index is 0.0345. The maximum absolute atomic E-state index is 6.16. The van der Waals surface area contributed by atoms with Gasteiger partial charge in [-0.3, -0.25) is 0 Å². The second kappa shape index (κ2) is 5.70. The van der Waals surface area contributed by atoms with Gasteiger partial charge in [0.25, 0.3) is 0 Å². The minimum Gasteiger partial charge on any atom is -0.465 e. The van der Waals surface area contributed by atoms with Gasteiger partial charge in [0.2, 0.25) is 0 Å². The molecule has 0 saturated carbocycles. The smallest absolute Gasteiger partial charge is 0.127 e. The Hall–Kier alpha value is -1.76. The number of aromatic nitrogens is 2. The lowest BCUT2D eigenvalue weighted by Gasteiger charge is -2.13. The topological polar surface area (TPSA) is 57.0 Å². The van der Waals surface area contributed by atoms with Crippen molar-refractivity contribution < 1.29 is 4.42 Å². The number of anilines is 1. The molecule has 1 aromatic carbocycles. The lowest BCUT2D eigenvalue weighted by molar-refractivity contribution is 0.396. The van der Waals surface area contributed by atoms with Crippen molar-refractivity contribution in [1.82, 2.24) is 9.78 Å². The van der Waals surface area contributed by atoms with Crippen molar-refractivity contribution in [3.8, 4) is 16.9 Å². The molecule has 0 unspecified atom stereocenters. The fourth-order valence-electron chi connectivity index (χ4n) is 2.42. The van der Waals surface area contributed by atoms with Crippen molar-refractivity contribution >= 4 is 28.4 Å². The number of rotatable bonds is 2. The average Bonchev–Trinajstić information content (AvgIpc) is 3.03. The second-order valence-corrected chi connectivity index (χ2v) is 7.92. The quantitative estimate of drug-likeness (QED) is 0.598. The fourth-order valence-corrected chi connectivity index (χ4v) is 2.78. The third-order valence-corrected chi connectivity index (χ3v) is 4.46. The molecule has 0 fully saturated rings. The highest BCUT2D eigenvalue weighted by Gasteiger charge is 2.22. The molecule has 0 radical (unpaired) electrons. The van der Waals surface area contributed by atoms with Gasteiger partial charge in [0.05, 0.1) is 11.4 Å². The van der Waals surface area contributed by atoms with E-state index in [1.807, 2.05) is 37.3 Å².